The van der Waals surface area contributed by atoms with E-state index in [0.29, 0.717) is 23.1 Å². The van der Waals surface area contributed by atoms with Crippen LogP contribution in [0.15, 0.2) is 42.5 Å². The predicted molar refractivity (Wildman–Crippen MR) is 71.5 cm³/mol. The topological polar surface area (TPSA) is 68.0 Å². The van der Waals surface area contributed by atoms with E-state index in [-0.39, 0.29) is 0 Å². The molecule has 0 saturated heterocycles. The number of pyridine rings is 1. The van der Waals surface area contributed by atoms with Crippen LogP contribution < -0.4 is 11.1 Å². The number of rotatable bonds is 4. The molecule has 0 bridgehead atoms. The average molecular weight is 262 g/mol. The van der Waals surface area contributed by atoms with Gasteiger partial charge in [-0.2, -0.15) is 0 Å². The van der Waals surface area contributed by atoms with Crippen LogP contribution in [0.3, 0.4) is 0 Å². The number of hydrogen-bond acceptors (Lipinski definition) is 3. The highest BCUT2D eigenvalue weighted by molar-refractivity contribution is 6.29. The fourth-order valence-electron chi connectivity index (χ4n) is 1.55. The molecule has 0 fully saturated rings. The Labute approximate surface area is 110 Å². The number of aromatic nitrogens is 1. The fourth-order valence-corrected chi connectivity index (χ4v) is 1.70. The van der Waals surface area contributed by atoms with Gasteiger partial charge in [-0.25, -0.2) is 4.98 Å². The van der Waals surface area contributed by atoms with Crippen LogP contribution in [0.4, 0.5) is 5.82 Å². The van der Waals surface area contributed by atoms with Crippen molar-refractivity contribution in [3.8, 4) is 0 Å². The molecule has 1 aromatic heterocycles. The largest absolute Gasteiger partial charge is 0.365 e. The molecule has 0 aliphatic carbocycles. The maximum absolute atomic E-state index is 11.2. The number of primary amides is 1. The van der Waals surface area contributed by atoms with E-state index < -0.39 is 5.91 Å². The van der Waals surface area contributed by atoms with Crippen LogP contribution >= 0.6 is 11.6 Å². The molecule has 0 unspecified atom stereocenters. The molecule has 1 aromatic carbocycles. The standard InChI is InChI=1S/C13H12ClN3O/c14-11-7-6-10(12(15)18)13(17-11)16-8-9-4-2-1-3-5-9/h1-7H,8H2,(H2,15,18)(H,16,17). The van der Waals surface area contributed by atoms with Crippen LogP contribution in [0.25, 0.3) is 0 Å². The zero-order valence-corrected chi connectivity index (χ0v) is 10.3. The van der Waals surface area contributed by atoms with Gasteiger partial charge >= 0.3 is 0 Å². The smallest absolute Gasteiger partial charge is 0.252 e. The molecule has 18 heavy (non-hydrogen) atoms. The number of carbonyl (C=O) groups is 1. The van der Waals surface area contributed by atoms with Gasteiger partial charge in [-0.1, -0.05) is 41.9 Å². The molecule has 1 amide bonds. The summed E-state index contributed by atoms with van der Waals surface area (Å²) >= 11 is 5.80. The first kappa shape index (κ1) is 12.4. The second-order valence-electron chi connectivity index (χ2n) is 3.73. The van der Waals surface area contributed by atoms with Gasteiger partial charge in [0.15, 0.2) is 0 Å². The van der Waals surface area contributed by atoms with Crippen molar-refractivity contribution in [3.63, 3.8) is 0 Å². The molecule has 2 aromatic rings. The third kappa shape index (κ3) is 2.99. The maximum atomic E-state index is 11.2. The van der Waals surface area contributed by atoms with Gasteiger partial charge in [0.25, 0.3) is 5.91 Å². The number of anilines is 1. The van der Waals surface area contributed by atoms with Crippen molar-refractivity contribution in [2.45, 2.75) is 6.54 Å². The lowest BCUT2D eigenvalue weighted by Gasteiger charge is -2.09. The van der Waals surface area contributed by atoms with Gasteiger partial charge in [0.05, 0.1) is 5.56 Å². The van der Waals surface area contributed by atoms with Crippen molar-refractivity contribution in [2.24, 2.45) is 5.73 Å². The second kappa shape index (κ2) is 5.51. The average Bonchev–Trinajstić information content (AvgIpc) is 2.37. The molecule has 1 heterocycles. The molecule has 0 aliphatic rings. The van der Waals surface area contributed by atoms with Crippen molar-refractivity contribution in [1.82, 2.24) is 4.98 Å². The summed E-state index contributed by atoms with van der Waals surface area (Å²) in [5, 5.41) is 3.37. The van der Waals surface area contributed by atoms with Crippen LogP contribution in [0.5, 0.6) is 0 Å². The lowest BCUT2D eigenvalue weighted by Crippen LogP contribution is -2.15. The Balaban J connectivity index is 2.18. The Morgan fingerprint density at radius 3 is 2.61 bits per heavy atom. The Bertz CT molecular complexity index is 557. The van der Waals surface area contributed by atoms with Crippen molar-refractivity contribution in [1.29, 1.82) is 0 Å². The van der Waals surface area contributed by atoms with E-state index in [9.17, 15) is 4.79 Å². The van der Waals surface area contributed by atoms with Crippen LogP contribution in [0, 0.1) is 0 Å². The Morgan fingerprint density at radius 1 is 1.22 bits per heavy atom. The Morgan fingerprint density at radius 2 is 1.94 bits per heavy atom. The number of hydrogen-bond donors (Lipinski definition) is 2. The lowest BCUT2D eigenvalue weighted by atomic mass is 10.2. The zero-order valence-electron chi connectivity index (χ0n) is 9.56. The number of nitrogens with one attached hydrogen (secondary N) is 1. The van der Waals surface area contributed by atoms with Crippen molar-refractivity contribution in [2.75, 3.05) is 5.32 Å². The van der Waals surface area contributed by atoms with Crippen molar-refractivity contribution in [3.05, 3.63) is 58.7 Å². The molecule has 0 atom stereocenters. The first-order valence-corrected chi connectivity index (χ1v) is 5.79. The summed E-state index contributed by atoms with van der Waals surface area (Å²) in [6.07, 6.45) is 0. The molecule has 5 heteroatoms. The van der Waals surface area contributed by atoms with Gasteiger partial charge in [-0.15, -0.1) is 0 Å². The van der Waals surface area contributed by atoms with E-state index in [1.54, 1.807) is 6.07 Å². The van der Waals surface area contributed by atoms with E-state index in [0.717, 1.165) is 5.56 Å². The van der Waals surface area contributed by atoms with Gasteiger partial charge in [0, 0.05) is 6.54 Å². The third-order valence-electron chi connectivity index (χ3n) is 2.43. The van der Waals surface area contributed by atoms with Crippen molar-refractivity contribution < 1.29 is 4.79 Å². The molecule has 0 saturated carbocycles. The highest BCUT2D eigenvalue weighted by atomic mass is 35.5. The number of nitrogens with two attached hydrogens (primary N) is 1. The van der Waals surface area contributed by atoms with E-state index in [1.807, 2.05) is 30.3 Å². The lowest BCUT2D eigenvalue weighted by molar-refractivity contribution is 0.100. The summed E-state index contributed by atoms with van der Waals surface area (Å²) in [6.45, 7) is 0.550. The highest BCUT2D eigenvalue weighted by Gasteiger charge is 2.09. The summed E-state index contributed by atoms with van der Waals surface area (Å²) in [5.41, 5.74) is 6.68. The first-order valence-electron chi connectivity index (χ1n) is 5.41. The number of amides is 1. The van der Waals surface area contributed by atoms with E-state index in [1.165, 1.54) is 6.07 Å². The van der Waals surface area contributed by atoms with Crippen molar-refractivity contribution >= 4 is 23.3 Å². The summed E-state index contributed by atoms with van der Waals surface area (Å²) in [7, 11) is 0. The monoisotopic (exact) mass is 261 g/mol. The molecule has 92 valence electrons. The Hall–Kier alpha value is -2.07. The molecule has 4 nitrogen and oxygen atoms in total. The van der Waals surface area contributed by atoms with Gasteiger partial charge in [0.1, 0.15) is 11.0 Å². The molecule has 0 radical (unpaired) electrons. The van der Waals surface area contributed by atoms with Gasteiger partial charge in [-0.05, 0) is 17.7 Å². The highest BCUT2D eigenvalue weighted by Crippen LogP contribution is 2.17. The third-order valence-corrected chi connectivity index (χ3v) is 2.64. The fraction of sp³-hybridized carbons (Fsp3) is 0.0769. The molecule has 3 N–H and O–H groups in total. The normalized spacial score (nSPS) is 10.1. The SMILES string of the molecule is NC(=O)c1ccc(Cl)nc1NCc1ccccc1. The van der Waals surface area contributed by atoms with E-state index >= 15 is 0 Å². The van der Waals surface area contributed by atoms with Crippen LogP contribution in [-0.2, 0) is 6.54 Å². The number of nitrogens with zero attached hydrogens (tertiary/aromatic N) is 1. The minimum absolute atomic E-state index is 0.315. The number of carbonyl (C=O) groups excluding carboxylic acids is 1. The van der Waals surface area contributed by atoms with E-state index in [4.69, 9.17) is 17.3 Å². The van der Waals surface area contributed by atoms with Crippen LogP contribution in [0.2, 0.25) is 5.15 Å². The quantitative estimate of drug-likeness (QED) is 0.831. The van der Waals surface area contributed by atoms with Crippen LogP contribution in [-0.4, -0.2) is 10.9 Å². The van der Waals surface area contributed by atoms with Gasteiger partial charge in [0.2, 0.25) is 0 Å². The predicted octanol–water partition coefficient (Wildman–Crippen LogP) is 2.45. The molecule has 0 aliphatic heterocycles. The van der Waals surface area contributed by atoms with Gasteiger partial charge < -0.3 is 11.1 Å². The summed E-state index contributed by atoms with van der Waals surface area (Å²) in [5.74, 6) is -0.131. The summed E-state index contributed by atoms with van der Waals surface area (Å²) < 4.78 is 0. The molecule has 2 rings (SSSR count). The number of halogens is 1. The second-order valence-corrected chi connectivity index (χ2v) is 4.12. The molecular weight excluding hydrogens is 250 g/mol. The zero-order chi connectivity index (χ0) is 13.0. The molecule has 0 spiro atoms. The van der Waals surface area contributed by atoms with Crippen LogP contribution in [0.1, 0.15) is 15.9 Å². The van der Waals surface area contributed by atoms with E-state index in [2.05, 4.69) is 10.3 Å². The first-order chi connectivity index (χ1) is 8.66. The summed E-state index contributed by atoms with van der Waals surface area (Å²) in [6, 6.07) is 12.9. The van der Waals surface area contributed by atoms with Gasteiger partial charge in [-0.3, -0.25) is 4.79 Å². The molecular formula is C13H12ClN3O. The number of benzene rings is 1. The summed E-state index contributed by atoms with van der Waals surface area (Å²) in [4.78, 5) is 15.3. The maximum Gasteiger partial charge on any atom is 0.252 e. The Kier molecular flexibility index (Phi) is 3.79. The minimum Gasteiger partial charge on any atom is -0.365 e. The minimum atomic E-state index is -0.533.